The lowest BCUT2D eigenvalue weighted by Crippen LogP contribution is -2.29. The highest BCUT2D eigenvalue weighted by molar-refractivity contribution is 6.34. The third-order valence-corrected chi connectivity index (χ3v) is 6.04. The zero-order chi connectivity index (χ0) is 27.1. The summed E-state index contributed by atoms with van der Waals surface area (Å²) in [5.74, 6) is -0.571. The van der Waals surface area contributed by atoms with Crippen molar-refractivity contribution < 1.29 is 24.2 Å². The molecule has 2 amide bonds. The van der Waals surface area contributed by atoms with Crippen LogP contribution in [-0.4, -0.2) is 37.8 Å². The molecule has 38 heavy (non-hydrogen) atoms. The highest BCUT2D eigenvalue weighted by Gasteiger charge is 2.16. The minimum Gasteiger partial charge on any atom is -0.504 e. The van der Waals surface area contributed by atoms with Gasteiger partial charge in [0.2, 0.25) is 5.75 Å². The molecule has 9 heteroatoms. The molecule has 0 fully saturated rings. The van der Waals surface area contributed by atoms with Crippen LogP contribution in [0.5, 0.6) is 17.2 Å². The second kappa shape index (κ2) is 12.0. The normalized spacial score (nSPS) is 10.4. The molecule has 0 atom stereocenters. The number of phenols is 1. The van der Waals surface area contributed by atoms with Gasteiger partial charge in [-0.1, -0.05) is 54.1 Å². The van der Waals surface area contributed by atoms with Gasteiger partial charge in [0.25, 0.3) is 11.8 Å². The summed E-state index contributed by atoms with van der Waals surface area (Å²) >= 11 is 6.33. The minimum atomic E-state index is -0.436. The number of methoxy groups -OCH3 is 2. The molecule has 0 bridgehead atoms. The van der Waals surface area contributed by atoms with Crippen molar-refractivity contribution in [2.45, 2.75) is 0 Å². The summed E-state index contributed by atoms with van der Waals surface area (Å²) in [6.07, 6.45) is 0. The first-order valence-corrected chi connectivity index (χ1v) is 12.0. The van der Waals surface area contributed by atoms with Crippen LogP contribution in [0.25, 0.3) is 11.1 Å². The van der Waals surface area contributed by atoms with Crippen LogP contribution in [0.15, 0.2) is 84.9 Å². The maximum absolute atomic E-state index is 13.0. The number of benzene rings is 4. The Morgan fingerprint density at radius 2 is 1.58 bits per heavy atom. The van der Waals surface area contributed by atoms with Crippen molar-refractivity contribution in [3.63, 3.8) is 0 Å². The number of hydrogen-bond donors (Lipinski definition) is 4. The molecule has 4 rings (SSSR count). The largest absolute Gasteiger partial charge is 0.504 e. The topological polar surface area (TPSA) is 109 Å². The van der Waals surface area contributed by atoms with E-state index in [1.807, 2.05) is 48.5 Å². The van der Waals surface area contributed by atoms with Gasteiger partial charge in [-0.3, -0.25) is 9.59 Å². The van der Waals surface area contributed by atoms with Crippen LogP contribution >= 0.6 is 11.6 Å². The number of hydrogen-bond acceptors (Lipinski definition) is 6. The zero-order valence-corrected chi connectivity index (χ0v) is 21.5. The van der Waals surface area contributed by atoms with E-state index in [0.29, 0.717) is 22.0 Å². The Bertz CT molecular complexity index is 1460. The van der Waals surface area contributed by atoms with Crippen LogP contribution in [0, 0.1) is 0 Å². The standard InChI is InChI=1S/C29H26ClN3O5/c1-37-26-15-21(14-25(34)27(26)38-2)28(35)32-17-31-22-11-12-23(30)24(16-22)33-29(36)20-10-6-9-19(13-20)18-7-4-3-5-8-18/h3-16,31,34H,17H2,1-2H3,(H,32,35)(H,33,36). The second-order valence-electron chi connectivity index (χ2n) is 8.19. The van der Waals surface area contributed by atoms with E-state index >= 15 is 0 Å². The lowest BCUT2D eigenvalue weighted by molar-refractivity contribution is 0.0954. The van der Waals surface area contributed by atoms with Gasteiger partial charge in [-0.25, -0.2) is 0 Å². The highest BCUT2D eigenvalue weighted by atomic mass is 35.5. The smallest absolute Gasteiger partial charge is 0.255 e. The van der Waals surface area contributed by atoms with Gasteiger partial charge < -0.3 is 30.5 Å². The van der Waals surface area contributed by atoms with Gasteiger partial charge in [-0.2, -0.15) is 0 Å². The molecule has 4 N–H and O–H groups in total. The maximum atomic E-state index is 13.0. The molecule has 0 spiro atoms. The molecule has 4 aromatic carbocycles. The third kappa shape index (κ3) is 6.16. The number of halogens is 1. The number of aromatic hydroxyl groups is 1. The molecule has 0 aromatic heterocycles. The molecule has 0 aliphatic rings. The summed E-state index contributed by atoms with van der Waals surface area (Å²) in [6, 6.07) is 24.9. The monoisotopic (exact) mass is 531 g/mol. The molecule has 0 saturated heterocycles. The van der Waals surface area contributed by atoms with Gasteiger partial charge in [-0.05, 0) is 53.6 Å². The fourth-order valence-corrected chi connectivity index (χ4v) is 3.96. The predicted octanol–water partition coefficient (Wildman–Crippen LogP) is 5.78. The first-order valence-electron chi connectivity index (χ1n) is 11.6. The highest BCUT2D eigenvalue weighted by Crippen LogP contribution is 2.37. The molecule has 0 aliphatic heterocycles. The number of ether oxygens (including phenoxy) is 2. The molecular formula is C29H26ClN3O5. The minimum absolute atomic E-state index is 0.0715. The van der Waals surface area contributed by atoms with Crippen molar-refractivity contribution in [1.82, 2.24) is 5.32 Å². The Hall–Kier alpha value is -4.69. The Labute approximate surface area is 225 Å². The van der Waals surface area contributed by atoms with E-state index < -0.39 is 5.91 Å². The van der Waals surface area contributed by atoms with Crippen molar-refractivity contribution in [2.24, 2.45) is 0 Å². The molecule has 0 radical (unpaired) electrons. The first kappa shape index (κ1) is 26.4. The average Bonchev–Trinajstić information content (AvgIpc) is 2.94. The van der Waals surface area contributed by atoms with Gasteiger partial charge in [0, 0.05) is 16.8 Å². The maximum Gasteiger partial charge on any atom is 0.255 e. The van der Waals surface area contributed by atoms with E-state index in [1.165, 1.54) is 26.4 Å². The van der Waals surface area contributed by atoms with Crippen LogP contribution in [-0.2, 0) is 0 Å². The van der Waals surface area contributed by atoms with Crippen LogP contribution in [0.1, 0.15) is 20.7 Å². The summed E-state index contributed by atoms with van der Waals surface area (Å²) in [5.41, 5.74) is 3.67. The summed E-state index contributed by atoms with van der Waals surface area (Å²) in [4.78, 5) is 25.5. The van der Waals surface area contributed by atoms with Crippen LogP contribution in [0.2, 0.25) is 5.02 Å². The lowest BCUT2D eigenvalue weighted by Gasteiger charge is -2.14. The average molecular weight is 532 g/mol. The summed E-state index contributed by atoms with van der Waals surface area (Å²) in [7, 11) is 2.81. The van der Waals surface area contributed by atoms with Gasteiger partial charge in [0.15, 0.2) is 11.5 Å². The van der Waals surface area contributed by atoms with E-state index in [-0.39, 0.29) is 35.4 Å². The number of anilines is 2. The number of rotatable bonds is 9. The van der Waals surface area contributed by atoms with Crippen LogP contribution in [0.4, 0.5) is 11.4 Å². The predicted molar refractivity (Wildman–Crippen MR) is 148 cm³/mol. The third-order valence-electron chi connectivity index (χ3n) is 5.71. The Morgan fingerprint density at radius 1 is 0.816 bits per heavy atom. The second-order valence-corrected chi connectivity index (χ2v) is 8.59. The number of carbonyl (C=O) groups excluding carboxylic acids is 2. The lowest BCUT2D eigenvalue weighted by atomic mass is 10.0. The Kier molecular flexibility index (Phi) is 8.35. The van der Waals surface area contributed by atoms with Crippen molar-refractivity contribution >= 4 is 34.8 Å². The quantitative estimate of drug-likeness (QED) is 0.204. The summed E-state index contributed by atoms with van der Waals surface area (Å²) in [5, 5.41) is 19.1. The van der Waals surface area contributed by atoms with Crippen LogP contribution in [0.3, 0.4) is 0 Å². The van der Waals surface area contributed by atoms with Crippen molar-refractivity contribution in [3.8, 4) is 28.4 Å². The first-order chi connectivity index (χ1) is 18.4. The Morgan fingerprint density at radius 3 is 2.32 bits per heavy atom. The molecule has 194 valence electrons. The summed E-state index contributed by atoms with van der Waals surface area (Å²) in [6.45, 7) is 0.0715. The molecule has 0 saturated carbocycles. The van der Waals surface area contributed by atoms with E-state index in [4.69, 9.17) is 21.1 Å². The van der Waals surface area contributed by atoms with Crippen LogP contribution < -0.4 is 25.4 Å². The van der Waals surface area contributed by atoms with E-state index in [0.717, 1.165) is 11.1 Å². The fraction of sp³-hybridized carbons (Fsp3) is 0.103. The molecule has 0 heterocycles. The van der Waals surface area contributed by atoms with Gasteiger partial charge in [0.05, 0.1) is 31.6 Å². The Balaban J connectivity index is 1.40. The fourth-order valence-electron chi connectivity index (χ4n) is 3.80. The van der Waals surface area contributed by atoms with E-state index in [1.54, 1.807) is 24.3 Å². The van der Waals surface area contributed by atoms with E-state index in [9.17, 15) is 14.7 Å². The van der Waals surface area contributed by atoms with Gasteiger partial charge in [-0.15, -0.1) is 0 Å². The SMILES string of the molecule is COc1cc(C(=O)NCNc2ccc(Cl)c(NC(=O)c3cccc(-c4ccccc4)c3)c2)cc(O)c1OC. The number of amides is 2. The van der Waals surface area contributed by atoms with Gasteiger partial charge in [0.1, 0.15) is 0 Å². The molecule has 4 aromatic rings. The zero-order valence-electron chi connectivity index (χ0n) is 20.7. The number of carbonyl (C=O) groups is 2. The molecule has 0 aliphatic carbocycles. The number of nitrogens with one attached hydrogen (secondary N) is 3. The summed E-state index contributed by atoms with van der Waals surface area (Å²) < 4.78 is 10.3. The number of phenolic OH excluding ortho intramolecular Hbond substituents is 1. The molecule has 0 unspecified atom stereocenters. The molecule has 8 nitrogen and oxygen atoms in total. The van der Waals surface area contributed by atoms with E-state index in [2.05, 4.69) is 16.0 Å². The molecular weight excluding hydrogens is 506 g/mol. The van der Waals surface area contributed by atoms with Crippen molar-refractivity contribution in [1.29, 1.82) is 0 Å². The van der Waals surface area contributed by atoms with Crippen molar-refractivity contribution in [3.05, 3.63) is 101 Å². The van der Waals surface area contributed by atoms with Crippen molar-refractivity contribution in [2.75, 3.05) is 31.5 Å². The van der Waals surface area contributed by atoms with Gasteiger partial charge >= 0.3 is 0 Å².